The third-order valence-corrected chi connectivity index (χ3v) is 6.05. The Labute approximate surface area is 143 Å². The molecule has 0 radical (unpaired) electrons. The number of amidine groups is 1. The zero-order valence-corrected chi connectivity index (χ0v) is 14.1. The van der Waals surface area contributed by atoms with Crippen LogP contribution in [0.15, 0.2) is 35.6 Å². The molecular weight excluding hydrogens is 324 g/mol. The van der Waals surface area contributed by atoms with E-state index in [0.29, 0.717) is 11.1 Å². The Morgan fingerprint density at radius 1 is 1.46 bits per heavy atom. The van der Waals surface area contributed by atoms with E-state index in [4.69, 9.17) is 10.1 Å². The molecule has 2 heterocycles. The van der Waals surface area contributed by atoms with Crippen LogP contribution in [0.2, 0.25) is 0 Å². The van der Waals surface area contributed by atoms with Crippen LogP contribution in [-0.4, -0.2) is 32.3 Å². The van der Waals surface area contributed by atoms with E-state index in [9.17, 15) is 4.79 Å². The van der Waals surface area contributed by atoms with E-state index < -0.39 is 11.6 Å². The number of carboxylic acid groups (broad SMARTS) is 1. The van der Waals surface area contributed by atoms with Crippen LogP contribution in [0.5, 0.6) is 0 Å². The summed E-state index contributed by atoms with van der Waals surface area (Å²) in [5.41, 5.74) is 4.25. The lowest BCUT2D eigenvalue weighted by molar-refractivity contribution is 0.200. The molecule has 24 heavy (non-hydrogen) atoms. The molecule has 2 aliphatic rings. The number of H-pyrrole nitrogens is 1. The Morgan fingerprint density at radius 3 is 3.08 bits per heavy atom. The highest BCUT2D eigenvalue weighted by Gasteiger charge is 2.43. The molecule has 0 fully saturated rings. The van der Waals surface area contributed by atoms with Gasteiger partial charge < -0.3 is 5.11 Å². The fourth-order valence-electron chi connectivity index (χ4n) is 3.66. The molecule has 1 aliphatic heterocycles. The number of thioether (sulfide) groups is 1. The van der Waals surface area contributed by atoms with Gasteiger partial charge in [-0.3, -0.25) is 15.4 Å². The lowest BCUT2D eigenvalue weighted by Gasteiger charge is -2.43. The van der Waals surface area contributed by atoms with Gasteiger partial charge in [0, 0.05) is 17.5 Å². The fraction of sp³-hybridized carbons (Fsp3) is 0.353. The van der Waals surface area contributed by atoms with Crippen molar-refractivity contribution in [2.24, 2.45) is 10.9 Å². The quantitative estimate of drug-likeness (QED) is 0.742. The molecule has 124 valence electrons. The van der Waals surface area contributed by atoms with Crippen LogP contribution in [-0.2, 0) is 12.0 Å². The molecule has 4 rings (SSSR count). The maximum absolute atomic E-state index is 11.0. The van der Waals surface area contributed by atoms with Gasteiger partial charge in [0.25, 0.3) is 0 Å². The van der Waals surface area contributed by atoms with Gasteiger partial charge in [-0.1, -0.05) is 23.9 Å². The number of hydrogen-bond acceptors (Lipinski definition) is 4. The van der Waals surface area contributed by atoms with Gasteiger partial charge >= 0.3 is 6.09 Å². The molecule has 0 unspecified atom stereocenters. The number of benzene rings is 1. The van der Waals surface area contributed by atoms with Crippen molar-refractivity contribution in [2.75, 3.05) is 5.75 Å². The molecule has 0 bridgehead atoms. The minimum atomic E-state index is -1.06. The molecule has 0 spiro atoms. The summed E-state index contributed by atoms with van der Waals surface area (Å²) in [6.07, 6.45) is 4.74. The number of nitrogens with zero attached hydrogens (tertiary/aromatic N) is 2. The molecule has 1 amide bonds. The number of aromatic nitrogens is 2. The molecule has 7 heteroatoms. The van der Waals surface area contributed by atoms with Crippen LogP contribution in [0.4, 0.5) is 4.79 Å². The third-order valence-electron chi connectivity index (χ3n) is 5.01. The zero-order chi connectivity index (χ0) is 16.7. The van der Waals surface area contributed by atoms with Gasteiger partial charge in [-0.2, -0.15) is 5.10 Å². The number of amides is 1. The second-order valence-corrected chi connectivity index (χ2v) is 7.41. The van der Waals surface area contributed by atoms with E-state index in [1.54, 1.807) is 0 Å². The van der Waals surface area contributed by atoms with Crippen molar-refractivity contribution in [1.82, 2.24) is 15.5 Å². The van der Waals surface area contributed by atoms with Gasteiger partial charge in [0.1, 0.15) is 0 Å². The van der Waals surface area contributed by atoms with Gasteiger partial charge in [-0.15, -0.1) is 0 Å². The summed E-state index contributed by atoms with van der Waals surface area (Å²) in [6, 6.07) is 6.47. The van der Waals surface area contributed by atoms with Crippen molar-refractivity contribution in [3.63, 3.8) is 0 Å². The first kappa shape index (κ1) is 15.3. The van der Waals surface area contributed by atoms with Gasteiger partial charge in [-0.25, -0.2) is 4.79 Å². The Kier molecular flexibility index (Phi) is 3.60. The van der Waals surface area contributed by atoms with E-state index in [1.807, 2.05) is 12.4 Å². The summed E-state index contributed by atoms with van der Waals surface area (Å²) in [6.45, 7) is 2.12. The molecule has 2 atom stereocenters. The van der Waals surface area contributed by atoms with E-state index >= 15 is 0 Å². The topological polar surface area (TPSA) is 90.4 Å². The van der Waals surface area contributed by atoms with Crippen molar-refractivity contribution in [3.05, 3.63) is 41.7 Å². The number of aromatic amines is 1. The van der Waals surface area contributed by atoms with Crippen molar-refractivity contribution in [3.8, 4) is 11.1 Å². The average Bonchev–Trinajstić information content (AvgIpc) is 3.08. The first-order valence-electron chi connectivity index (χ1n) is 7.91. The number of fused-ring (bicyclic) bond motifs is 3. The van der Waals surface area contributed by atoms with Crippen LogP contribution < -0.4 is 5.32 Å². The van der Waals surface area contributed by atoms with Crippen LogP contribution in [0.25, 0.3) is 11.1 Å². The second kappa shape index (κ2) is 5.66. The van der Waals surface area contributed by atoms with Gasteiger partial charge in [-0.05, 0) is 48.4 Å². The monoisotopic (exact) mass is 342 g/mol. The summed E-state index contributed by atoms with van der Waals surface area (Å²) in [7, 11) is 0. The normalized spacial score (nSPS) is 25.4. The molecular formula is C17H18N4O2S. The first-order chi connectivity index (χ1) is 11.6. The minimum absolute atomic E-state index is 0.392. The number of aryl methyl sites for hydroxylation is 1. The highest BCUT2D eigenvalue weighted by molar-refractivity contribution is 8.13. The Hall–Kier alpha value is -2.28. The van der Waals surface area contributed by atoms with Crippen LogP contribution in [0, 0.1) is 5.92 Å². The van der Waals surface area contributed by atoms with Gasteiger partial charge in [0.2, 0.25) is 0 Å². The Morgan fingerprint density at radius 2 is 2.33 bits per heavy atom. The molecule has 2 aromatic rings. The summed E-state index contributed by atoms with van der Waals surface area (Å²) in [5, 5.41) is 18.8. The summed E-state index contributed by atoms with van der Waals surface area (Å²) in [4.78, 5) is 15.8. The van der Waals surface area contributed by atoms with Gasteiger partial charge in [0.15, 0.2) is 5.17 Å². The lowest BCUT2D eigenvalue weighted by atomic mass is 9.70. The summed E-state index contributed by atoms with van der Waals surface area (Å²) < 4.78 is 0. The second-order valence-electron chi connectivity index (χ2n) is 6.40. The van der Waals surface area contributed by atoms with Crippen LogP contribution >= 0.6 is 11.8 Å². The number of rotatable bonds is 1. The van der Waals surface area contributed by atoms with E-state index in [-0.39, 0.29) is 0 Å². The molecule has 1 aliphatic carbocycles. The Bertz CT molecular complexity index is 818. The standard InChI is InChI=1S/C17H18N4O2S/c1-17-13(9-24-15(21-17)20-16(22)23)5-4-10-2-3-11(6-14(10)17)12-7-18-19-8-12/h2-3,6-8,13H,4-5,9H2,1H3,(H,18,19)(H,20,21)(H,22,23)/t13-,17+/m1/s1. The highest BCUT2D eigenvalue weighted by atomic mass is 32.2. The predicted molar refractivity (Wildman–Crippen MR) is 94.2 cm³/mol. The predicted octanol–water partition coefficient (Wildman–Crippen LogP) is 3.22. The SMILES string of the molecule is C[C@]12N=C(NC(=O)O)SC[C@H]1CCc1ccc(-c3cn[nH]c3)cc12. The summed E-state index contributed by atoms with van der Waals surface area (Å²) >= 11 is 1.50. The molecule has 1 aromatic carbocycles. The summed E-state index contributed by atoms with van der Waals surface area (Å²) in [5.74, 6) is 1.29. The Balaban J connectivity index is 1.81. The maximum atomic E-state index is 11.0. The van der Waals surface area contributed by atoms with Crippen molar-refractivity contribution >= 4 is 23.0 Å². The number of nitrogens with one attached hydrogen (secondary N) is 2. The van der Waals surface area contributed by atoms with Crippen molar-refractivity contribution in [2.45, 2.75) is 25.3 Å². The highest BCUT2D eigenvalue weighted by Crippen LogP contribution is 2.47. The first-order valence-corrected chi connectivity index (χ1v) is 8.90. The van der Waals surface area contributed by atoms with E-state index in [1.165, 1.54) is 22.9 Å². The van der Waals surface area contributed by atoms with Crippen LogP contribution in [0.3, 0.4) is 0 Å². The number of carbonyl (C=O) groups is 1. The zero-order valence-electron chi connectivity index (χ0n) is 13.2. The molecule has 6 nitrogen and oxygen atoms in total. The van der Waals surface area contributed by atoms with Crippen LogP contribution in [0.1, 0.15) is 24.5 Å². The third kappa shape index (κ3) is 2.49. The average molecular weight is 342 g/mol. The lowest BCUT2D eigenvalue weighted by Crippen LogP contribution is -2.43. The molecule has 0 saturated heterocycles. The van der Waals surface area contributed by atoms with Crippen molar-refractivity contribution in [1.29, 1.82) is 0 Å². The number of aliphatic imine (C=N–C) groups is 1. The number of hydrogen-bond donors (Lipinski definition) is 3. The molecule has 3 N–H and O–H groups in total. The minimum Gasteiger partial charge on any atom is -0.465 e. The maximum Gasteiger partial charge on any atom is 0.410 e. The fourth-order valence-corrected chi connectivity index (χ4v) is 4.92. The smallest absolute Gasteiger partial charge is 0.410 e. The van der Waals surface area contributed by atoms with E-state index in [2.05, 4.69) is 40.6 Å². The van der Waals surface area contributed by atoms with Crippen molar-refractivity contribution < 1.29 is 9.90 Å². The molecule has 0 saturated carbocycles. The van der Waals surface area contributed by atoms with Gasteiger partial charge in [0.05, 0.1) is 11.7 Å². The van der Waals surface area contributed by atoms with E-state index in [0.717, 1.165) is 29.7 Å². The molecule has 1 aromatic heterocycles. The largest absolute Gasteiger partial charge is 0.465 e.